The molecule has 1 N–H and O–H groups in total. The van der Waals surface area contributed by atoms with Gasteiger partial charge in [0.1, 0.15) is 0 Å². The summed E-state index contributed by atoms with van der Waals surface area (Å²) in [7, 11) is 1.51. The van der Waals surface area contributed by atoms with Crippen LogP contribution in [0, 0.1) is 20.8 Å². The molecule has 2 aromatic rings. The number of ether oxygens (including phenoxy) is 2. The number of carboxylic acids is 1. The molecule has 4 heteroatoms. The van der Waals surface area contributed by atoms with E-state index in [1.165, 1.54) is 18.7 Å². The van der Waals surface area contributed by atoms with Gasteiger partial charge in [-0.05, 0) is 61.2 Å². The standard InChI is InChI=1S/C19H20O4/c1-12-9-14(3)15(10-13(12)2)11-18(19(20)21)23-17-8-6-5-7-16(17)22-4/h5-11H,1-4H3,(H,20,21). The predicted molar refractivity (Wildman–Crippen MR) is 89.9 cm³/mol. The Labute approximate surface area is 136 Å². The van der Waals surface area contributed by atoms with E-state index in [1.54, 1.807) is 24.3 Å². The average molecular weight is 312 g/mol. The maximum atomic E-state index is 11.5. The zero-order valence-electron chi connectivity index (χ0n) is 13.7. The van der Waals surface area contributed by atoms with Gasteiger partial charge < -0.3 is 14.6 Å². The molecule has 0 atom stereocenters. The molecule has 0 spiro atoms. The van der Waals surface area contributed by atoms with E-state index in [0.717, 1.165) is 16.7 Å². The number of hydrogen-bond donors (Lipinski definition) is 1. The summed E-state index contributed by atoms with van der Waals surface area (Å²) in [5.74, 6) is -0.434. The van der Waals surface area contributed by atoms with Crippen molar-refractivity contribution in [3.63, 3.8) is 0 Å². The van der Waals surface area contributed by atoms with Crippen molar-refractivity contribution in [2.75, 3.05) is 7.11 Å². The van der Waals surface area contributed by atoms with Gasteiger partial charge in [-0.15, -0.1) is 0 Å². The molecule has 4 nitrogen and oxygen atoms in total. The van der Waals surface area contributed by atoms with Gasteiger partial charge >= 0.3 is 5.97 Å². The summed E-state index contributed by atoms with van der Waals surface area (Å²) in [5, 5.41) is 9.44. The van der Waals surface area contributed by atoms with Crippen LogP contribution in [0.2, 0.25) is 0 Å². The van der Waals surface area contributed by atoms with Crippen LogP contribution in [-0.4, -0.2) is 18.2 Å². The highest BCUT2D eigenvalue weighted by Crippen LogP contribution is 2.28. The molecule has 0 unspecified atom stereocenters. The first-order valence-corrected chi connectivity index (χ1v) is 7.26. The Kier molecular flexibility index (Phi) is 5.06. The first-order chi connectivity index (χ1) is 10.9. The molecule has 0 saturated carbocycles. The lowest BCUT2D eigenvalue weighted by Gasteiger charge is -2.11. The van der Waals surface area contributed by atoms with Crippen molar-refractivity contribution in [3.8, 4) is 11.5 Å². The van der Waals surface area contributed by atoms with Crippen molar-refractivity contribution in [2.24, 2.45) is 0 Å². The normalized spacial score (nSPS) is 11.2. The van der Waals surface area contributed by atoms with Crippen molar-refractivity contribution in [3.05, 3.63) is 64.4 Å². The largest absolute Gasteiger partial charge is 0.493 e. The van der Waals surface area contributed by atoms with Crippen LogP contribution in [0.15, 0.2) is 42.2 Å². The molecule has 0 saturated heterocycles. The topological polar surface area (TPSA) is 55.8 Å². The smallest absolute Gasteiger partial charge is 0.371 e. The van der Waals surface area contributed by atoms with E-state index in [4.69, 9.17) is 9.47 Å². The van der Waals surface area contributed by atoms with Gasteiger partial charge in [-0.3, -0.25) is 0 Å². The number of benzene rings is 2. The summed E-state index contributed by atoms with van der Waals surface area (Å²) < 4.78 is 10.8. The van der Waals surface area contributed by atoms with Gasteiger partial charge in [0, 0.05) is 0 Å². The Balaban J connectivity index is 2.43. The van der Waals surface area contributed by atoms with Gasteiger partial charge in [0.25, 0.3) is 0 Å². The number of carbonyl (C=O) groups is 1. The number of methoxy groups -OCH3 is 1. The van der Waals surface area contributed by atoms with Crippen molar-refractivity contribution in [1.29, 1.82) is 0 Å². The van der Waals surface area contributed by atoms with Crippen LogP contribution >= 0.6 is 0 Å². The highest BCUT2D eigenvalue weighted by molar-refractivity contribution is 5.90. The molecule has 0 aliphatic rings. The van der Waals surface area contributed by atoms with E-state index in [-0.39, 0.29) is 5.76 Å². The van der Waals surface area contributed by atoms with Crippen LogP contribution in [0.3, 0.4) is 0 Å². The Hall–Kier alpha value is -2.75. The van der Waals surface area contributed by atoms with E-state index in [2.05, 4.69) is 0 Å². The highest BCUT2D eigenvalue weighted by Gasteiger charge is 2.14. The van der Waals surface area contributed by atoms with E-state index < -0.39 is 5.97 Å². The third-order valence-electron chi connectivity index (χ3n) is 3.67. The molecule has 2 rings (SSSR count). The fourth-order valence-corrected chi connectivity index (χ4v) is 2.24. The summed E-state index contributed by atoms with van der Waals surface area (Å²) in [6.45, 7) is 5.97. The predicted octanol–water partition coefficient (Wildman–Crippen LogP) is 4.12. The number of carboxylic acid groups (broad SMARTS) is 1. The van der Waals surface area contributed by atoms with Crippen molar-refractivity contribution in [1.82, 2.24) is 0 Å². The van der Waals surface area contributed by atoms with Crippen molar-refractivity contribution >= 4 is 12.0 Å². The molecule has 0 heterocycles. The van der Waals surface area contributed by atoms with Crippen molar-refractivity contribution < 1.29 is 19.4 Å². The minimum absolute atomic E-state index is 0.152. The quantitative estimate of drug-likeness (QED) is 0.666. The van der Waals surface area contributed by atoms with E-state index in [1.807, 2.05) is 32.9 Å². The summed E-state index contributed by atoms with van der Waals surface area (Å²) >= 11 is 0. The third kappa shape index (κ3) is 3.92. The summed E-state index contributed by atoms with van der Waals surface area (Å²) in [5.41, 5.74) is 4.09. The Morgan fingerprint density at radius 1 is 1.00 bits per heavy atom. The first-order valence-electron chi connectivity index (χ1n) is 7.26. The molecule has 23 heavy (non-hydrogen) atoms. The highest BCUT2D eigenvalue weighted by atomic mass is 16.5. The summed E-state index contributed by atoms with van der Waals surface area (Å²) in [6, 6.07) is 10.9. The van der Waals surface area contributed by atoms with E-state index in [9.17, 15) is 9.90 Å². The van der Waals surface area contributed by atoms with Crippen LogP contribution in [0.5, 0.6) is 11.5 Å². The Morgan fingerprint density at radius 2 is 1.61 bits per heavy atom. The monoisotopic (exact) mass is 312 g/mol. The van der Waals surface area contributed by atoms with Crippen LogP contribution in [0.1, 0.15) is 22.3 Å². The van der Waals surface area contributed by atoms with Gasteiger partial charge in [-0.25, -0.2) is 4.79 Å². The summed E-state index contributed by atoms with van der Waals surface area (Å²) in [6.07, 6.45) is 1.54. The molecule has 0 aliphatic carbocycles. The third-order valence-corrected chi connectivity index (χ3v) is 3.67. The molecule has 0 radical (unpaired) electrons. The van der Waals surface area contributed by atoms with Crippen molar-refractivity contribution in [2.45, 2.75) is 20.8 Å². The second kappa shape index (κ2) is 7.01. The summed E-state index contributed by atoms with van der Waals surface area (Å²) in [4.78, 5) is 11.5. The van der Waals surface area contributed by atoms with Crippen LogP contribution in [0.4, 0.5) is 0 Å². The molecule has 2 aromatic carbocycles. The van der Waals surface area contributed by atoms with E-state index >= 15 is 0 Å². The minimum atomic E-state index is -1.13. The molecule has 0 aromatic heterocycles. The van der Waals surface area contributed by atoms with Gasteiger partial charge in [0.2, 0.25) is 5.76 Å². The molecular weight excluding hydrogens is 292 g/mol. The fraction of sp³-hybridized carbons (Fsp3) is 0.211. The molecule has 0 amide bonds. The molecule has 0 bridgehead atoms. The minimum Gasteiger partial charge on any atom is -0.493 e. The van der Waals surface area contributed by atoms with Crippen LogP contribution in [0.25, 0.3) is 6.08 Å². The first kappa shape index (κ1) is 16.6. The lowest BCUT2D eigenvalue weighted by atomic mass is 10.0. The SMILES string of the molecule is COc1ccccc1OC(=Cc1cc(C)c(C)cc1C)C(=O)O. The van der Waals surface area contributed by atoms with Crippen LogP contribution in [-0.2, 0) is 4.79 Å². The maximum absolute atomic E-state index is 11.5. The number of rotatable bonds is 5. The number of para-hydroxylation sites is 2. The molecular formula is C19H20O4. The van der Waals surface area contributed by atoms with Gasteiger partial charge in [0.15, 0.2) is 11.5 Å². The number of aliphatic carboxylic acids is 1. The number of hydrogen-bond acceptors (Lipinski definition) is 3. The zero-order valence-corrected chi connectivity index (χ0v) is 13.7. The lowest BCUT2D eigenvalue weighted by Crippen LogP contribution is -2.08. The van der Waals surface area contributed by atoms with Crippen LogP contribution < -0.4 is 9.47 Å². The van der Waals surface area contributed by atoms with Gasteiger partial charge in [0.05, 0.1) is 7.11 Å². The second-order valence-corrected chi connectivity index (χ2v) is 5.36. The second-order valence-electron chi connectivity index (χ2n) is 5.36. The zero-order chi connectivity index (χ0) is 17.0. The van der Waals surface area contributed by atoms with Gasteiger partial charge in [-0.2, -0.15) is 0 Å². The Bertz CT molecular complexity index is 760. The Morgan fingerprint density at radius 3 is 2.22 bits per heavy atom. The van der Waals surface area contributed by atoms with E-state index in [0.29, 0.717) is 11.5 Å². The molecule has 0 aliphatic heterocycles. The molecule has 0 fully saturated rings. The lowest BCUT2D eigenvalue weighted by molar-refractivity contribution is -0.134. The maximum Gasteiger partial charge on any atom is 0.371 e. The fourth-order valence-electron chi connectivity index (χ4n) is 2.24. The van der Waals surface area contributed by atoms with Gasteiger partial charge in [-0.1, -0.05) is 24.3 Å². The average Bonchev–Trinajstić information content (AvgIpc) is 2.52. The molecule has 120 valence electrons. The number of aryl methyl sites for hydroxylation is 3.